The van der Waals surface area contributed by atoms with Crippen LogP contribution in [0.3, 0.4) is 0 Å². The Morgan fingerprint density at radius 1 is 1.00 bits per heavy atom. The molecular formula is C30H28FN9O2. The first-order valence-electron chi connectivity index (χ1n) is 13.9. The average Bonchev–Trinajstić information content (AvgIpc) is 3.68. The van der Waals surface area contributed by atoms with Gasteiger partial charge in [0.1, 0.15) is 17.5 Å². The smallest absolute Gasteiger partial charge is 0.292 e. The predicted octanol–water partition coefficient (Wildman–Crippen LogP) is 4.36. The van der Waals surface area contributed by atoms with E-state index < -0.39 is 0 Å². The third kappa shape index (κ3) is 4.21. The number of nitrogens with one attached hydrogen (secondary N) is 1. The molecule has 0 aliphatic carbocycles. The molecule has 2 bridgehead atoms. The average molecular weight is 566 g/mol. The van der Waals surface area contributed by atoms with E-state index in [2.05, 4.69) is 25.3 Å². The number of Topliss-reactive ketones (excluding diaryl/α,β-unsaturated/α-hetero) is 1. The van der Waals surface area contributed by atoms with Crippen molar-refractivity contribution in [3.8, 4) is 22.4 Å². The number of H-pyrrole nitrogens is 1. The summed E-state index contributed by atoms with van der Waals surface area (Å²) in [5.74, 6) is 0.397. The molecule has 5 aromatic rings. The second-order valence-corrected chi connectivity index (χ2v) is 11.1. The SMILES string of the molecule is CC(=O)c1c(C2CC3CCC(C2)N3C(=O)c2nnc(C)[nH]2)nc2c(-c3ccc(-c4ccc(F)cc4)nc3)cnn2c1N. The van der Waals surface area contributed by atoms with Crippen LogP contribution in [-0.4, -0.2) is 63.4 Å². The molecule has 42 heavy (non-hydrogen) atoms. The lowest BCUT2D eigenvalue weighted by molar-refractivity contribution is 0.0556. The highest BCUT2D eigenvalue weighted by Gasteiger charge is 2.46. The van der Waals surface area contributed by atoms with Crippen LogP contribution < -0.4 is 5.73 Å². The fraction of sp³-hybridized carbons (Fsp3) is 0.300. The maximum atomic E-state index is 13.4. The second kappa shape index (κ2) is 9.82. The van der Waals surface area contributed by atoms with Crippen molar-refractivity contribution in [2.45, 2.75) is 57.5 Å². The Balaban J connectivity index is 1.24. The van der Waals surface area contributed by atoms with Crippen molar-refractivity contribution in [3.63, 3.8) is 0 Å². The zero-order valence-corrected chi connectivity index (χ0v) is 23.1. The van der Waals surface area contributed by atoms with Gasteiger partial charge in [-0.2, -0.15) is 9.61 Å². The number of nitrogen functional groups attached to an aromatic ring is 1. The van der Waals surface area contributed by atoms with E-state index in [0.29, 0.717) is 41.3 Å². The molecule has 2 aliphatic rings. The second-order valence-electron chi connectivity index (χ2n) is 11.1. The number of aryl methyl sites for hydroxylation is 1. The van der Waals surface area contributed by atoms with Crippen molar-refractivity contribution in [3.05, 3.63) is 77.5 Å². The van der Waals surface area contributed by atoms with Crippen LogP contribution in [0.25, 0.3) is 28.0 Å². The first-order chi connectivity index (χ1) is 20.3. The fourth-order valence-electron chi connectivity index (χ4n) is 6.53. The summed E-state index contributed by atoms with van der Waals surface area (Å²) in [5.41, 5.74) is 11.2. The molecule has 12 heteroatoms. The van der Waals surface area contributed by atoms with Gasteiger partial charge in [-0.25, -0.2) is 9.37 Å². The molecule has 7 rings (SSSR count). The standard InChI is InChI=1S/C30H28FN9O2/c1-15(41)25-26(19-11-21-8-9-22(12-19)39(21)30(42)28-35-16(2)37-38-28)36-29-23(14-34-40(29)27(25)32)18-5-10-24(33-13-18)17-3-6-20(31)7-4-17/h3-7,10,13-14,19,21-22H,8-9,11-12,32H2,1-2H3,(H,35,37,38). The highest BCUT2D eigenvalue weighted by molar-refractivity contribution is 6.00. The van der Waals surface area contributed by atoms with Gasteiger partial charge >= 0.3 is 0 Å². The van der Waals surface area contributed by atoms with Crippen molar-refractivity contribution >= 4 is 23.2 Å². The quantitative estimate of drug-likeness (QED) is 0.299. The number of halogens is 1. The molecule has 3 N–H and O–H groups in total. The molecular weight excluding hydrogens is 537 g/mol. The van der Waals surface area contributed by atoms with Gasteiger partial charge < -0.3 is 15.6 Å². The summed E-state index contributed by atoms with van der Waals surface area (Å²) in [6.45, 7) is 3.26. The molecule has 1 aromatic carbocycles. The molecule has 2 atom stereocenters. The molecule has 0 spiro atoms. The Hall–Kier alpha value is -5.00. The van der Waals surface area contributed by atoms with Gasteiger partial charge in [0.25, 0.3) is 5.91 Å². The number of piperidine rings is 1. The van der Waals surface area contributed by atoms with Crippen LogP contribution in [0, 0.1) is 12.7 Å². The van der Waals surface area contributed by atoms with Crippen LogP contribution in [0.4, 0.5) is 10.2 Å². The van der Waals surface area contributed by atoms with Crippen LogP contribution in [0.5, 0.6) is 0 Å². The first-order valence-corrected chi connectivity index (χ1v) is 13.9. The summed E-state index contributed by atoms with van der Waals surface area (Å²) < 4.78 is 14.9. The number of rotatable bonds is 5. The lowest BCUT2D eigenvalue weighted by atomic mass is 9.85. The van der Waals surface area contributed by atoms with E-state index >= 15 is 0 Å². The van der Waals surface area contributed by atoms with Gasteiger partial charge in [-0.3, -0.25) is 14.6 Å². The van der Waals surface area contributed by atoms with Gasteiger partial charge in [-0.1, -0.05) is 6.07 Å². The summed E-state index contributed by atoms with van der Waals surface area (Å²) in [6.07, 6.45) is 6.46. The molecule has 11 nitrogen and oxygen atoms in total. The number of nitrogens with zero attached hydrogens (tertiary/aromatic N) is 7. The van der Waals surface area contributed by atoms with Crippen molar-refractivity contribution < 1.29 is 14.0 Å². The van der Waals surface area contributed by atoms with Crippen molar-refractivity contribution in [1.82, 2.24) is 39.7 Å². The molecule has 0 saturated carbocycles. The molecule has 2 fully saturated rings. The highest BCUT2D eigenvalue weighted by Crippen LogP contribution is 2.45. The lowest BCUT2D eigenvalue weighted by Gasteiger charge is -2.38. The van der Waals surface area contributed by atoms with Crippen molar-refractivity contribution in [2.24, 2.45) is 0 Å². The van der Waals surface area contributed by atoms with E-state index in [4.69, 9.17) is 10.7 Å². The number of pyridine rings is 1. The van der Waals surface area contributed by atoms with Crippen molar-refractivity contribution in [2.75, 3.05) is 5.73 Å². The van der Waals surface area contributed by atoms with E-state index in [9.17, 15) is 14.0 Å². The minimum Gasteiger partial charge on any atom is -0.383 e. The summed E-state index contributed by atoms with van der Waals surface area (Å²) in [4.78, 5) is 40.7. The number of amides is 1. The number of aromatic nitrogens is 7. The number of aromatic amines is 1. The number of benzene rings is 1. The molecule has 4 aromatic heterocycles. The van der Waals surface area contributed by atoms with Gasteiger partial charge in [0, 0.05) is 40.9 Å². The molecule has 2 aliphatic heterocycles. The molecule has 2 saturated heterocycles. The third-order valence-electron chi connectivity index (χ3n) is 8.43. The fourth-order valence-corrected chi connectivity index (χ4v) is 6.53. The monoisotopic (exact) mass is 565 g/mol. The number of nitrogens with two attached hydrogens (primary N) is 1. The Bertz CT molecular complexity index is 1830. The number of hydrogen-bond acceptors (Lipinski definition) is 8. The van der Waals surface area contributed by atoms with E-state index in [1.165, 1.54) is 23.6 Å². The summed E-state index contributed by atoms with van der Waals surface area (Å²) in [6, 6.07) is 9.94. The Morgan fingerprint density at radius 3 is 2.33 bits per heavy atom. The van der Waals surface area contributed by atoms with E-state index in [1.54, 1.807) is 31.5 Å². The predicted molar refractivity (Wildman–Crippen MR) is 152 cm³/mol. The minimum atomic E-state index is -0.304. The lowest BCUT2D eigenvalue weighted by Crippen LogP contribution is -2.46. The molecule has 2 unspecified atom stereocenters. The zero-order valence-electron chi connectivity index (χ0n) is 23.1. The minimum absolute atomic E-state index is 0.00157. The summed E-state index contributed by atoms with van der Waals surface area (Å²) in [5, 5.41) is 12.4. The Labute approximate surface area is 240 Å². The Kier molecular flexibility index (Phi) is 6.07. The Morgan fingerprint density at radius 2 is 1.71 bits per heavy atom. The van der Waals surface area contributed by atoms with Crippen molar-refractivity contribution in [1.29, 1.82) is 0 Å². The van der Waals surface area contributed by atoms with Gasteiger partial charge in [0.15, 0.2) is 11.4 Å². The van der Waals surface area contributed by atoms with Crippen LogP contribution in [0.2, 0.25) is 0 Å². The van der Waals surface area contributed by atoms with Crippen LogP contribution >= 0.6 is 0 Å². The van der Waals surface area contributed by atoms with Crippen LogP contribution in [-0.2, 0) is 0 Å². The maximum Gasteiger partial charge on any atom is 0.292 e. The van der Waals surface area contributed by atoms with E-state index in [1.807, 2.05) is 17.0 Å². The summed E-state index contributed by atoms with van der Waals surface area (Å²) >= 11 is 0. The van der Waals surface area contributed by atoms with Gasteiger partial charge in [0.05, 0.1) is 23.1 Å². The molecule has 1 amide bonds. The topological polar surface area (TPSA) is 148 Å². The van der Waals surface area contributed by atoms with E-state index in [0.717, 1.165) is 29.5 Å². The number of hydrogen-bond donors (Lipinski definition) is 2. The zero-order chi connectivity index (χ0) is 29.1. The van der Waals surface area contributed by atoms with Crippen LogP contribution in [0.1, 0.15) is 71.0 Å². The van der Waals surface area contributed by atoms with Crippen LogP contribution in [0.15, 0.2) is 48.8 Å². The number of fused-ring (bicyclic) bond motifs is 3. The number of carbonyl (C=O) groups excluding carboxylic acids is 2. The summed E-state index contributed by atoms with van der Waals surface area (Å²) in [7, 11) is 0. The maximum absolute atomic E-state index is 13.4. The number of carbonyl (C=O) groups is 2. The largest absolute Gasteiger partial charge is 0.383 e. The number of ketones is 1. The highest BCUT2D eigenvalue weighted by atomic mass is 19.1. The van der Waals surface area contributed by atoms with Gasteiger partial charge in [-0.15, -0.1) is 10.2 Å². The molecule has 212 valence electrons. The molecule has 6 heterocycles. The molecule has 0 radical (unpaired) electrons. The first kappa shape index (κ1) is 25.9. The van der Waals surface area contributed by atoms with Gasteiger partial charge in [0.2, 0.25) is 5.82 Å². The normalized spacial score (nSPS) is 19.9. The van der Waals surface area contributed by atoms with E-state index in [-0.39, 0.29) is 47.2 Å². The van der Waals surface area contributed by atoms with Gasteiger partial charge in [-0.05, 0) is 69.9 Å². The third-order valence-corrected chi connectivity index (χ3v) is 8.43. The number of anilines is 1.